The maximum Gasteiger partial charge on any atom is 0.243 e. The zero-order valence-electron chi connectivity index (χ0n) is 13.6. The van der Waals surface area contributed by atoms with Crippen LogP contribution in [0.25, 0.3) is 0 Å². The van der Waals surface area contributed by atoms with E-state index in [1.165, 1.54) is 0 Å². The number of nitrogens with zero attached hydrogens (tertiary/aromatic N) is 3. The van der Waals surface area contributed by atoms with Crippen molar-refractivity contribution in [3.05, 3.63) is 48.5 Å². The van der Waals surface area contributed by atoms with Gasteiger partial charge >= 0.3 is 0 Å². The van der Waals surface area contributed by atoms with Crippen LogP contribution in [-0.2, 0) is 14.8 Å². The Bertz CT molecular complexity index is 835. The summed E-state index contributed by atoms with van der Waals surface area (Å²) < 4.78 is 35.6. The van der Waals surface area contributed by atoms with Crippen LogP contribution in [0.2, 0.25) is 0 Å². The number of aromatic nitrogens is 2. The predicted octanol–water partition coefficient (Wildman–Crippen LogP) is 1.99. The van der Waals surface area contributed by atoms with E-state index < -0.39 is 10.0 Å². The molecule has 2 saturated heterocycles. The van der Waals surface area contributed by atoms with E-state index in [9.17, 15) is 8.42 Å². The number of sulfonamides is 1. The molecule has 0 aliphatic carbocycles. The predicted molar refractivity (Wildman–Crippen MR) is 89.1 cm³/mol. The molecule has 128 valence electrons. The van der Waals surface area contributed by atoms with Gasteiger partial charge in [-0.15, -0.1) is 0 Å². The molecule has 0 saturated carbocycles. The Morgan fingerprint density at radius 3 is 2.92 bits per heavy atom. The van der Waals surface area contributed by atoms with Crippen LogP contribution < -0.4 is 0 Å². The van der Waals surface area contributed by atoms with E-state index in [1.54, 1.807) is 29.0 Å². The van der Waals surface area contributed by atoms with Gasteiger partial charge in [-0.3, -0.25) is 0 Å². The van der Waals surface area contributed by atoms with Crippen LogP contribution >= 0.6 is 0 Å². The number of ether oxygens (including phenoxy) is 1. The van der Waals surface area contributed by atoms with Crippen molar-refractivity contribution in [3.8, 4) is 0 Å². The van der Waals surface area contributed by atoms with Gasteiger partial charge in [0.25, 0.3) is 0 Å². The summed E-state index contributed by atoms with van der Waals surface area (Å²) in [5, 5.41) is 0. The second kappa shape index (κ2) is 5.68. The first-order chi connectivity index (χ1) is 11.5. The summed E-state index contributed by atoms with van der Waals surface area (Å²) in [4.78, 5) is 4.48. The number of hydrogen-bond donors (Lipinski definition) is 0. The molecular weight excluding hydrogens is 326 g/mol. The average Bonchev–Trinajstić information content (AvgIpc) is 3.29. The van der Waals surface area contributed by atoms with Crippen LogP contribution in [0.4, 0.5) is 0 Å². The normalized spacial score (nSPS) is 28.0. The lowest BCUT2D eigenvalue weighted by molar-refractivity contribution is 0.0165. The van der Waals surface area contributed by atoms with Gasteiger partial charge in [0, 0.05) is 31.9 Å². The Kier molecular flexibility index (Phi) is 3.74. The summed E-state index contributed by atoms with van der Waals surface area (Å²) in [6.45, 7) is 3.37. The number of aryl methyl sites for hydroxylation is 1. The number of benzene rings is 1. The second-order valence-electron chi connectivity index (χ2n) is 6.72. The van der Waals surface area contributed by atoms with E-state index in [1.807, 2.05) is 29.8 Å². The van der Waals surface area contributed by atoms with E-state index in [0.29, 0.717) is 24.6 Å². The zero-order chi connectivity index (χ0) is 16.8. The van der Waals surface area contributed by atoms with Gasteiger partial charge in [0.1, 0.15) is 0 Å². The van der Waals surface area contributed by atoms with Crippen molar-refractivity contribution in [3.63, 3.8) is 0 Å². The summed E-state index contributed by atoms with van der Waals surface area (Å²) in [5.41, 5.74) is 0.409. The van der Waals surface area contributed by atoms with Crippen LogP contribution in [0.1, 0.15) is 24.4 Å². The third-order valence-corrected chi connectivity index (χ3v) is 7.13. The van der Waals surface area contributed by atoms with Crippen LogP contribution in [0.5, 0.6) is 0 Å². The highest BCUT2D eigenvalue weighted by atomic mass is 32.2. The molecule has 3 heterocycles. The molecule has 2 fully saturated rings. The quantitative estimate of drug-likeness (QED) is 0.852. The van der Waals surface area contributed by atoms with E-state index >= 15 is 0 Å². The Balaban J connectivity index is 1.54. The number of rotatable bonds is 3. The molecule has 0 N–H and O–H groups in total. The van der Waals surface area contributed by atoms with Gasteiger partial charge in [0.05, 0.1) is 29.5 Å². The highest BCUT2D eigenvalue weighted by Gasteiger charge is 2.49. The van der Waals surface area contributed by atoms with Crippen LogP contribution in [0.15, 0.2) is 47.9 Å². The first-order valence-electron chi connectivity index (χ1n) is 8.17. The average molecular weight is 347 g/mol. The minimum Gasteiger partial charge on any atom is -0.371 e. The minimum atomic E-state index is -3.47. The molecule has 1 aromatic heterocycles. The molecule has 2 atom stereocenters. The molecule has 0 radical (unpaired) electrons. The third kappa shape index (κ3) is 2.56. The first kappa shape index (κ1) is 15.8. The molecule has 1 aromatic carbocycles. The fourth-order valence-electron chi connectivity index (χ4n) is 3.78. The maximum absolute atomic E-state index is 13.0. The molecule has 6 nitrogen and oxygen atoms in total. The maximum atomic E-state index is 13.0. The molecular formula is C17H21N3O3S. The number of imidazole rings is 1. The molecule has 0 bridgehead atoms. The monoisotopic (exact) mass is 347 g/mol. The Labute approximate surface area is 142 Å². The lowest BCUT2D eigenvalue weighted by atomic mass is 9.97. The highest BCUT2D eigenvalue weighted by Crippen LogP contribution is 2.41. The summed E-state index contributed by atoms with van der Waals surface area (Å²) in [6.07, 6.45) is 7.05. The standard InChI is InChI=1S/C17H21N3O3S/c1-14-4-2-3-5-16(14)24(21,22)20-8-6-17(12-20)10-15(11-23-17)19-9-7-18-13-19/h2-5,7,9,13,15H,6,8,10-12H2,1H3/t15-,17+/m0/s1. The summed E-state index contributed by atoms with van der Waals surface area (Å²) in [5.74, 6) is 0. The molecule has 7 heteroatoms. The molecule has 2 aliphatic heterocycles. The molecule has 2 aromatic rings. The molecule has 4 rings (SSSR count). The topological polar surface area (TPSA) is 64.4 Å². The highest BCUT2D eigenvalue weighted by molar-refractivity contribution is 7.89. The first-order valence-corrected chi connectivity index (χ1v) is 9.61. The largest absolute Gasteiger partial charge is 0.371 e. The Hall–Kier alpha value is -1.70. The van der Waals surface area contributed by atoms with Crippen molar-refractivity contribution >= 4 is 10.0 Å². The van der Waals surface area contributed by atoms with Crippen molar-refractivity contribution in [2.24, 2.45) is 0 Å². The van der Waals surface area contributed by atoms with E-state index in [0.717, 1.165) is 18.4 Å². The van der Waals surface area contributed by atoms with Crippen molar-refractivity contribution in [2.75, 3.05) is 19.7 Å². The minimum absolute atomic E-state index is 0.230. The van der Waals surface area contributed by atoms with E-state index in [2.05, 4.69) is 4.98 Å². The molecule has 24 heavy (non-hydrogen) atoms. The molecule has 2 aliphatic rings. The van der Waals surface area contributed by atoms with Crippen molar-refractivity contribution < 1.29 is 13.2 Å². The van der Waals surface area contributed by atoms with Gasteiger partial charge < -0.3 is 9.30 Å². The Morgan fingerprint density at radius 1 is 1.33 bits per heavy atom. The number of hydrogen-bond acceptors (Lipinski definition) is 4. The van der Waals surface area contributed by atoms with Gasteiger partial charge in [0.15, 0.2) is 0 Å². The SMILES string of the molecule is Cc1ccccc1S(=O)(=O)N1CC[C@@]2(C[C@H](n3ccnc3)CO2)C1. The molecule has 1 spiro atoms. The molecule has 0 amide bonds. The fourth-order valence-corrected chi connectivity index (χ4v) is 5.52. The zero-order valence-corrected chi connectivity index (χ0v) is 14.4. The second-order valence-corrected chi connectivity index (χ2v) is 8.62. The summed E-state index contributed by atoms with van der Waals surface area (Å²) >= 11 is 0. The van der Waals surface area contributed by atoms with Gasteiger partial charge in [-0.25, -0.2) is 13.4 Å². The third-order valence-electron chi connectivity index (χ3n) is 5.13. The van der Waals surface area contributed by atoms with E-state index in [-0.39, 0.29) is 11.6 Å². The van der Waals surface area contributed by atoms with Gasteiger partial charge in [-0.05, 0) is 25.0 Å². The lowest BCUT2D eigenvalue weighted by Gasteiger charge is -2.23. The van der Waals surface area contributed by atoms with Crippen molar-refractivity contribution in [2.45, 2.75) is 36.3 Å². The van der Waals surface area contributed by atoms with Crippen molar-refractivity contribution in [1.82, 2.24) is 13.9 Å². The summed E-state index contributed by atoms with van der Waals surface area (Å²) in [7, 11) is -3.47. The smallest absolute Gasteiger partial charge is 0.243 e. The van der Waals surface area contributed by atoms with Crippen molar-refractivity contribution in [1.29, 1.82) is 0 Å². The fraction of sp³-hybridized carbons (Fsp3) is 0.471. The van der Waals surface area contributed by atoms with Crippen LogP contribution in [-0.4, -0.2) is 47.6 Å². The van der Waals surface area contributed by atoms with E-state index in [4.69, 9.17) is 4.74 Å². The van der Waals surface area contributed by atoms with Crippen LogP contribution in [0.3, 0.4) is 0 Å². The summed E-state index contributed by atoms with van der Waals surface area (Å²) in [6, 6.07) is 7.37. The lowest BCUT2D eigenvalue weighted by Crippen LogP contribution is -2.36. The molecule has 0 unspecified atom stereocenters. The van der Waals surface area contributed by atoms with Gasteiger partial charge in [0.2, 0.25) is 10.0 Å². The van der Waals surface area contributed by atoms with Crippen LogP contribution in [0, 0.1) is 6.92 Å². The Morgan fingerprint density at radius 2 is 2.17 bits per heavy atom. The van der Waals surface area contributed by atoms with Gasteiger partial charge in [-0.1, -0.05) is 18.2 Å². The van der Waals surface area contributed by atoms with Gasteiger partial charge in [-0.2, -0.15) is 4.31 Å².